The van der Waals surface area contributed by atoms with Crippen LogP contribution in [0.25, 0.3) is 0 Å². The average molecular weight is 352 g/mol. The first-order valence-electron chi connectivity index (χ1n) is 7.00. The van der Waals surface area contributed by atoms with Crippen molar-refractivity contribution in [2.24, 2.45) is 0 Å². The highest BCUT2D eigenvalue weighted by Gasteiger charge is 2.11. The van der Waals surface area contributed by atoms with E-state index < -0.39 is 0 Å². The van der Waals surface area contributed by atoms with Gasteiger partial charge in [0.05, 0.1) is 0 Å². The molecule has 0 aliphatic rings. The fraction of sp³-hybridized carbons (Fsp3) is 0.294. The lowest BCUT2D eigenvalue weighted by Crippen LogP contribution is -2.18. The van der Waals surface area contributed by atoms with Gasteiger partial charge >= 0.3 is 0 Å². The molecule has 0 saturated carbocycles. The summed E-state index contributed by atoms with van der Waals surface area (Å²) >= 11 is 3.49. The molecule has 0 aliphatic heterocycles. The zero-order valence-electron chi connectivity index (χ0n) is 12.2. The highest BCUT2D eigenvalue weighted by atomic mass is 79.9. The largest absolute Gasteiger partial charge is 0.489 e. The topological polar surface area (TPSA) is 21.3 Å². The van der Waals surface area contributed by atoms with Crippen molar-refractivity contribution >= 4 is 15.9 Å². The van der Waals surface area contributed by atoms with E-state index in [0.717, 1.165) is 27.9 Å². The van der Waals surface area contributed by atoms with Crippen molar-refractivity contribution in [3.8, 4) is 5.75 Å². The quantitative estimate of drug-likeness (QED) is 0.803. The Kier molecular flexibility index (Phi) is 5.76. The molecular formula is C17H19BrFNO. The van der Waals surface area contributed by atoms with E-state index in [1.165, 1.54) is 12.1 Å². The van der Waals surface area contributed by atoms with Gasteiger partial charge in [0.15, 0.2) is 0 Å². The van der Waals surface area contributed by atoms with Crippen LogP contribution in [-0.2, 0) is 6.61 Å². The highest BCUT2D eigenvalue weighted by Crippen LogP contribution is 2.29. The van der Waals surface area contributed by atoms with E-state index in [-0.39, 0.29) is 11.9 Å². The molecule has 0 heterocycles. The minimum absolute atomic E-state index is 0.190. The van der Waals surface area contributed by atoms with Crippen LogP contribution in [0.3, 0.4) is 0 Å². The Labute approximate surface area is 133 Å². The minimum atomic E-state index is -0.242. The maximum atomic E-state index is 13.2. The zero-order chi connectivity index (χ0) is 15.2. The summed E-state index contributed by atoms with van der Waals surface area (Å²) in [4.78, 5) is 0. The Hall–Kier alpha value is -1.39. The summed E-state index contributed by atoms with van der Waals surface area (Å²) in [6.07, 6.45) is 0. The molecule has 2 rings (SSSR count). The number of hydrogen-bond donors (Lipinski definition) is 1. The number of benzene rings is 2. The molecule has 0 bridgehead atoms. The van der Waals surface area contributed by atoms with Crippen molar-refractivity contribution < 1.29 is 9.13 Å². The van der Waals surface area contributed by atoms with Gasteiger partial charge in [-0.3, -0.25) is 0 Å². The third-order valence-electron chi connectivity index (χ3n) is 3.23. The maximum absolute atomic E-state index is 13.2. The lowest BCUT2D eigenvalue weighted by Gasteiger charge is -2.18. The first-order valence-corrected chi connectivity index (χ1v) is 7.79. The van der Waals surface area contributed by atoms with Gasteiger partial charge in [-0.05, 0) is 49.4 Å². The smallest absolute Gasteiger partial charge is 0.124 e. The molecule has 2 aromatic rings. The SMILES string of the molecule is CCNC(C)c1cc(Br)ccc1OCc1cccc(F)c1. The van der Waals surface area contributed by atoms with E-state index >= 15 is 0 Å². The Morgan fingerprint density at radius 1 is 1.24 bits per heavy atom. The lowest BCUT2D eigenvalue weighted by molar-refractivity contribution is 0.299. The molecular weight excluding hydrogens is 333 g/mol. The van der Waals surface area contributed by atoms with E-state index in [1.54, 1.807) is 6.07 Å². The molecule has 1 atom stereocenters. The summed E-state index contributed by atoms with van der Waals surface area (Å²) in [7, 11) is 0. The van der Waals surface area contributed by atoms with Crippen molar-refractivity contribution in [3.63, 3.8) is 0 Å². The summed E-state index contributed by atoms with van der Waals surface area (Å²) in [5.74, 6) is 0.573. The predicted molar refractivity (Wildman–Crippen MR) is 87.0 cm³/mol. The number of nitrogens with one attached hydrogen (secondary N) is 1. The predicted octanol–water partition coefficient (Wildman–Crippen LogP) is 4.84. The van der Waals surface area contributed by atoms with Crippen LogP contribution in [0.15, 0.2) is 46.9 Å². The van der Waals surface area contributed by atoms with Crippen molar-refractivity contribution in [2.75, 3.05) is 6.54 Å². The fourth-order valence-corrected chi connectivity index (χ4v) is 2.57. The fourth-order valence-electron chi connectivity index (χ4n) is 2.19. The Morgan fingerprint density at radius 3 is 2.76 bits per heavy atom. The summed E-state index contributed by atoms with van der Waals surface area (Å²) in [5.41, 5.74) is 1.91. The van der Waals surface area contributed by atoms with Gasteiger partial charge in [0.2, 0.25) is 0 Å². The summed E-state index contributed by atoms with van der Waals surface area (Å²) in [6.45, 7) is 5.41. The van der Waals surface area contributed by atoms with Crippen LogP contribution < -0.4 is 10.1 Å². The second kappa shape index (κ2) is 7.57. The molecule has 112 valence electrons. The van der Waals surface area contributed by atoms with Crippen LogP contribution in [-0.4, -0.2) is 6.54 Å². The molecule has 0 saturated heterocycles. The normalized spacial score (nSPS) is 12.2. The maximum Gasteiger partial charge on any atom is 0.124 e. The van der Waals surface area contributed by atoms with Crippen molar-refractivity contribution in [1.29, 1.82) is 0 Å². The van der Waals surface area contributed by atoms with Gasteiger partial charge in [-0.2, -0.15) is 0 Å². The van der Waals surface area contributed by atoms with E-state index in [4.69, 9.17) is 4.74 Å². The van der Waals surface area contributed by atoms with Crippen LogP contribution in [0.4, 0.5) is 4.39 Å². The number of rotatable bonds is 6. The highest BCUT2D eigenvalue weighted by molar-refractivity contribution is 9.10. The van der Waals surface area contributed by atoms with Gasteiger partial charge in [0.25, 0.3) is 0 Å². The van der Waals surface area contributed by atoms with E-state index in [2.05, 4.69) is 35.1 Å². The lowest BCUT2D eigenvalue weighted by atomic mass is 10.1. The molecule has 0 aromatic heterocycles. The molecule has 0 radical (unpaired) electrons. The van der Waals surface area contributed by atoms with Gasteiger partial charge in [0, 0.05) is 16.1 Å². The molecule has 1 unspecified atom stereocenters. The third-order valence-corrected chi connectivity index (χ3v) is 3.73. The van der Waals surface area contributed by atoms with Gasteiger partial charge in [-0.25, -0.2) is 4.39 Å². The second-order valence-corrected chi connectivity index (χ2v) is 5.80. The Morgan fingerprint density at radius 2 is 2.05 bits per heavy atom. The van der Waals surface area contributed by atoms with Crippen LogP contribution in [0.1, 0.15) is 31.0 Å². The van der Waals surface area contributed by atoms with Crippen LogP contribution in [0.5, 0.6) is 5.75 Å². The Bertz CT molecular complexity index is 603. The molecule has 1 N–H and O–H groups in total. The first kappa shape index (κ1) is 16.0. The number of halogens is 2. The van der Waals surface area contributed by atoms with Crippen molar-refractivity contribution in [2.45, 2.75) is 26.5 Å². The molecule has 2 nitrogen and oxygen atoms in total. The van der Waals surface area contributed by atoms with Crippen molar-refractivity contribution in [3.05, 3.63) is 63.9 Å². The van der Waals surface area contributed by atoms with Gasteiger partial charge in [-0.15, -0.1) is 0 Å². The van der Waals surface area contributed by atoms with Crippen LogP contribution >= 0.6 is 15.9 Å². The van der Waals surface area contributed by atoms with E-state index in [9.17, 15) is 4.39 Å². The molecule has 2 aromatic carbocycles. The summed E-state index contributed by atoms with van der Waals surface area (Å²) in [5, 5.41) is 3.38. The summed E-state index contributed by atoms with van der Waals surface area (Å²) < 4.78 is 20.1. The molecule has 21 heavy (non-hydrogen) atoms. The minimum Gasteiger partial charge on any atom is -0.489 e. The van der Waals surface area contributed by atoms with Gasteiger partial charge in [-0.1, -0.05) is 35.0 Å². The molecule has 0 amide bonds. The van der Waals surface area contributed by atoms with Gasteiger partial charge < -0.3 is 10.1 Å². The second-order valence-electron chi connectivity index (χ2n) is 4.88. The molecule has 0 fully saturated rings. The average Bonchev–Trinajstić information content (AvgIpc) is 2.46. The number of ether oxygens (including phenoxy) is 1. The standard InChI is InChI=1S/C17H19BrFNO/c1-3-20-12(2)16-10-14(18)7-8-17(16)21-11-13-5-4-6-15(19)9-13/h4-10,12,20H,3,11H2,1-2H3. The molecule has 4 heteroatoms. The monoisotopic (exact) mass is 351 g/mol. The molecule has 0 spiro atoms. The molecule has 0 aliphatic carbocycles. The Balaban J connectivity index is 2.15. The van der Waals surface area contributed by atoms with Gasteiger partial charge in [0.1, 0.15) is 18.2 Å². The van der Waals surface area contributed by atoms with E-state index in [1.807, 2.05) is 24.3 Å². The first-order chi connectivity index (χ1) is 10.1. The third kappa shape index (κ3) is 4.55. The summed E-state index contributed by atoms with van der Waals surface area (Å²) in [6, 6.07) is 12.6. The van der Waals surface area contributed by atoms with Crippen molar-refractivity contribution in [1.82, 2.24) is 5.32 Å². The van der Waals surface area contributed by atoms with Crippen LogP contribution in [0.2, 0.25) is 0 Å². The van der Waals surface area contributed by atoms with Crippen LogP contribution in [0, 0.1) is 5.82 Å². The zero-order valence-corrected chi connectivity index (χ0v) is 13.8. The number of hydrogen-bond acceptors (Lipinski definition) is 2. The van der Waals surface area contributed by atoms with E-state index in [0.29, 0.717) is 6.61 Å².